The standard InChI is InChI=1S/C20H29N3O2.ClH/c1-14(2)16-4-6-17(7-5-16)23-11-9-18(20(23)25)19(24)22-10-8-15(13-22)12-21-3;/h4-7,14-15,18,21H,8-13H2,1-3H3;1H. The molecule has 2 fully saturated rings. The van der Waals surface area contributed by atoms with Gasteiger partial charge < -0.3 is 15.1 Å². The lowest BCUT2D eigenvalue weighted by molar-refractivity contribution is -0.139. The van der Waals surface area contributed by atoms with Crippen LogP contribution in [0.5, 0.6) is 0 Å². The van der Waals surface area contributed by atoms with Crippen molar-refractivity contribution in [3.05, 3.63) is 29.8 Å². The van der Waals surface area contributed by atoms with Crippen molar-refractivity contribution in [3.63, 3.8) is 0 Å². The van der Waals surface area contributed by atoms with Crippen molar-refractivity contribution in [3.8, 4) is 0 Å². The van der Waals surface area contributed by atoms with Crippen molar-refractivity contribution in [2.45, 2.75) is 32.6 Å². The van der Waals surface area contributed by atoms with Crippen molar-refractivity contribution in [1.29, 1.82) is 0 Å². The van der Waals surface area contributed by atoms with E-state index in [1.54, 1.807) is 4.90 Å². The lowest BCUT2D eigenvalue weighted by Crippen LogP contribution is -2.39. The van der Waals surface area contributed by atoms with E-state index in [1.165, 1.54) is 5.56 Å². The first-order valence-corrected chi connectivity index (χ1v) is 9.36. The molecule has 6 heteroatoms. The number of rotatable bonds is 5. The minimum absolute atomic E-state index is 0. The molecule has 0 saturated carbocycles. The molecule has 0 aromatic heterocycles. The van der Waals surface area contributed by atoms with Gasteiger partial charge in [0.1, 0.15) is 5.92 Å². The Hall–Kier alpha value is -1.59. The summed E-state index contributed by atoms with van der Waals surface area (Å²) in [7, 11) is 1.94. The first kappa shape index (κ1) is 20.7. The summed E-state index contributed by atoms with van der Waals surface area (Å²) >= 11 is 0. The first-order chi connectivity index (χ1) is 12.0. The molecule has 1 N–H and O–H groups in total. The Morgan fingerprint density at radius 1 is 1.19 bits per heavy atom. The van der Waals surface area contributed by atoms with E-state index in [0.29, 0.717) is 24.8 Å². The second-order valence-electron chi connectivity index (χ2n) is 7.57. The van der Waals surface area contributed by atoms with Gasteiger partial charge in [0, 0.05) is 25.3 Å². The third-order valence-electron chi connectivity index (χ3n) is 5.47. The number of hydrogen-bond acceptors (Lipinski definition) is 3. The van der Waals surface area contributed by atoms with Crippen molar-refractivity contribution >= 4 is 29.9 Å². The highest BCUT2D eigenvalue weighted by Gasteiger charge is 2.41. The van der Waals surface area contributed by atoms with E-state index in [0.717, 1.165) is 31.7 Å². The van der Waals surface area contributed by atoms with Gasteiger partial charge in [0.25, 0.3) is 0 Å². The Bertz CT molecular complexity index is 632. The Labute approximate surface area is 162 Å². The van der Waals surface area contributed by atoms with Crippen LogP contribution in [0.25, 0.3) is 0 Å². The predicted octanol–water partition coefficient (Wildman–Crippen LogP) is 2.65. The quantitative estimate of drug-likeness (QED) is 0.800. The van der Waals surface area contributed by atoms with E-state index in [9.17, 15) is 9.59 Å². The van der Waals surface area contributed by atoms with Gasteiger partial charge >= 0.3 is 0 Å². The van der Waals surface area contributed by atoms with Crippen molar-refractivity contribution in [1.82, 2.24) is 10.2 Å². The number of amides is 2. The van der Waals surface area contributed by atoms with Gasteiger partial charge in [0.15, 0.2) is 0 Å². The van der Waals surface area contributed by atoms with Crippen LogP contribution in [0.4, 0.5) is 5.69 Å². The van der Waals surface area contributed by atoms with Crippen LogP contribution < -0.4 is 10.2 Å². The molecule has 0 bridgehead atoms. The first-order valence-electron chi connectivity index (χ1n) is 9.36. The summed E-state index contributed by atoms with van der Waals surface area (Å²) in [5.74, 6) is 0.450. The summed E-state index contributed by atoms with van der Waals surface area (Å²) in [6, 6.07) is 8.15. The smallest absolute Gasteiger partial charge is 0.239 e. The minimum atomic E-state index is -0.502. The van der Waals surface area contributed by atoms with Crippen LogP contribution in [-0.2, 0) is 9.59 Å². The number of hydrogen-bond donors (Lipinski definition) is 1. The Morgan fingerprint density at radius 3 is 2.50 bits per heavy atom. The zero-order valence-corrected chi connectivity index (χ0v) is 16.7. The van der Waals surface area contributed by atoms with E-state index < -0.39 is 5.92 Å². The van der Waals surface area contributed by atoms with E-state index in [1.807, 2.05) is 24.1 Å². The number of likely N-dealkylation sites (tertiary alicyclic amines) is 1. The highest BCUT2D eigenvalue weighted by molar-refractivity contribution is 6.09. The van der Waals surface area contributed by atoms with Crippen LogP contribution >= 0.6 is 12.4 Å². The molecule has 2 unspecified atom stereocenters. The molecule has 2 saturated heterocycles. The molecule has 0 radical (unpaired) electrons. The highest BCUT2D eigenvalue weighted by atomic mass is 35.5. The molecule has 3 rings (SSSR count). The van der Waals surface area contributed by atoms with Crippen LogP contribution in [-0.4, -0.2) is 49.9 Å². The average molecular weight is 380 g/mol. The molecular weight excluding hydrogens is 350 g/mol. The molecule has 1 aromatic carbocycles. The maximum atomic E-state index is 12.8. The number of benzene rings is 1. The van der Waals surface area contributed by atoms with E-state index >= 15 is 0 Å². The second kappa shape index (κ2) is 8.87. The SMILES string of the molecule is CNCC1CCN(C(=O)C2CCN(c3ccc(C(C)C)cc3)C2=O)C1.Cl. The topological polar surface area (TPSA) is 52.7 Å². The summed E-state index contributed by atoms with van der Waals surface area (Å²) in [5.41, 5.74) is 2.16. The molecule has 2 aliphatic heterocycles. The minimum Gasteiger partial charge on any atom is -0.342 e. The predicted molar refractivity (Wildman–Crippen MR) is 107 cm³/mol. The number of nitrogens with one attached hydrogen (secondary N) is 1. The molecule has 5 nitrogen and oxygen atoms in total. The summed E-state index contributed by atoms with van der Waals surface area (Å²) in [6.07, 6.45) is 1.64. The van der Waals surface area contributed by atoms with Crippen LogP contribution in [0, 0.1) is 11.8 Å². The fourth-order valence-electron chi connectivity index (χ4n) is 3.91. The molecule has 144 valence electrons. The van der Waals surface area contributed by atoms with Gasteiger partial charge in [-0.2, -0.15) is 0 Å². The van der Waals surface area contributed by atoms with Crippen molar-refractivity contribution < 1.29 is 9.59 Å². The number of carbonyl (C=O) groups excluding carboxylic acids is 2. The fourth-order valence-corrected chi connectivity index (χ4v) is 3.91. The molecule has 0 spiro atoms. The highest BCUT2D eigenvalue weighted by Crippen LogP contribution is 2.29. The zero-order chi connectivity index (χ0) is 18.0. The lowest BCUT2D eigenvalue weighted by atomic mass is 10.0. The number of halogens is 1. The van der Waals surface area contributed by atoms with Crippen LogP contribution in [0.15, 0.2) is 24.3 Å². The summed E-state index contributed by atoms with van der Waals surface area (Å²) in [6.45, 7) is 7.41. The second-order valence-corrected chi connectivity index (χ2v) is 7.57. The summed E-state index contributed by atoms with van der Waals surface area (Å²) < 4.78 is 0. The Kier molecular flexibility index (Phi) is 7.07. The van der Waals surface area contributed by atoms with E-state index in [-0.39, 0.29) is 24.2 Å². The van der Waals surface area contributed by atoms with Crippen molar-refractivity contribution in [2.24, 2.45) is 11.8 Å². The third-order valence-corrected chi connectivity index (χ3v) is 5.47. The lowest BCUT2D eigenvalue weighted by Gasteiger charge is -2.21. The fraction of sp³-hybridized carbons (Fsp3) is 0.600. The third kappa shape index (κ3) is 4.21. The maximum Gasteiger partial charge on any atom is 0.239 e. The van der Waals surface area contributed by atoms with E-state index in [4.69, 9.17) is 0 Å². The van der Waals surface area contributed by atoms with Crippen molar-refractivity contribution in [2.75, 3.05) is 38.1 Å². The molecular formula is C20H30ClN3O2. The summed E-state index contributed by atoms with van der Waals surface area (Å²) in [5, 5.41) is 3.18. The molecule has 2 amide bonds. The number of anilines is 1. The van der Waals surface area contributed by atoms with Gasteiger partial charge in [-0.05, 0) is 56.0 Å². The molecule has 0 aliphatic carbocycles. The van der Waals surface area contributed by atoms with Gasteiger partial charge in [0.2, 0.25) is 11.8 Å². The van der Waals surface area contributed by atoms with E-state index in [2.05, 4.69) is 31.3 Å². The van der Waals surface area contributed by atoms with Crippen LogP contribution in [0.2, 0.25) is 0 Å². The maximum absolute atomic E-state index is 12.8. The summed E-state index contributed by atoms with van der Waals surface area (Å²) in [4.78, 5) is 29.2. The van der Waals surface area contributed by atoms with Gasteiger partial charge in [-0.15, -0.1) is 12.4 Å². The van der Waals surface area contributed by atoms with Gasteiger partial charge in [-0.3, -0.25) is 9.59 Å². The van der Waals surface area contributed by atoms with Crippen LogP contribution in [0.1, 0.15) is 38.2 Å². The van der Waals surface area contributed by atoms with Gasteiger partial charge in [-0.1, -0.05) is 26.0 Å². The molecule has 2 heterocycles. The molecule has 2 atom stereocenters. The number of carbonyl (C=O) groups is 2. The largest absolute Gasteiger partial charge is 0.342 e. The zero-order valence-electron chi connectivity index (χ0n) is 15.9. The normalized spacial score (nSPS) is 22.8. The number of nitrogens with zero attached hydrogens (tertiary/aromatic N) is 2. The monoisotopic (exact) mass is 379 g/mol. The average Bonchev–Trinajstić information content (AvgIpc) is 3.22. The van der Waals surface area contributed by atoms with Crippen LogP contribution in [0.3, 0.4) is 0 Å². The molecule has 1 aromatic rings. The van der Waals surface area contributed by atoms with Gasteiger partial charge in [0.05, 0.1) is 0 Å². The Balaban J connectivity index is 0.00000243. The molecule has 26 heavy (non-hydrogen) atoms. The van der Waals surface area contributed by atoms with Gasteiger partial charge in [-0.25, -0.2) is 0 Å². The Morgan fingerprint density at radius 2 is 1.88 bits per heavy atom. The molecule has 2 aliphatic rings.